The molecule has 1 unspecified atom stereocenters. The van der Waals surface area contributed by atoms with Gasteiger partial charge in [-0.25, -0.2) is 27.0 Å². The summed E-state index contributed by atoms with van der Waals surface area (Å²) >= 11 is 0. The van der Waals surface area contributed by atoms with Gasteiger partial charge in [0.1, 0.15) is 5.82 Å². The van der Waals surface area contributed by atoms with E-state index >= 15 is 0 Å². The van der Waals surface area contributed by atoms with Crippen LogP contribution in [-0.4, -0.2) is 38.8 Å². The summed E-state index contributed by atoms with van der Waals surface area (Å²) in [4.78, 5) is 21.3. The first-order valence-electron chi connectivity index (χ1n) is 11.8. The van der Waals surface area contributed by atoms with E-state index in [1.165, 1.54) is 59.0 Å². The number of nitrogens with zero attached hydrogens (tertiary/aromatic N) is 3. The van der Waals surface area contributed by atoms with Crippen LogP contribution < -0.4 is 20.1 Å². The molecule has 1 aromatic heterocycles. The van der Waals surface area contributed by atoms with Gasteiger partial charge in [0.15, 0.2) is 0 Å². The lowest BCUT2D eigenvalue weighted by Crippen LogP contribution is -2.35. The molecule has 200 valence electrons. The number of anilines is 4. The number of carbonyl (C=O) groups excluding carboxylic acids is 1. The minimum atomic E-state index is -3.92. The number of nitrogens with two attached hydrogens (primary N) is 1. The summed E-state index contributed by atoms with van der Waals surface area (Å²) in [6.45, 7) is 1.85. The van der Waals surface area contributed by atoms with E-state index in [2.05, 4.69) is 20.6 Å². The lowest BCUT2D eigenvalue weighted by Gasteiger charge is -2.24. The summed E-state index contributed by atoms with van der Waals surface area (Å²) < 4.78 is 51.4. The number of fused-ring (bicyclic) bond motifs is 1. The molecule has 1 amide bonds. The maximum atomic E-state index is 13.6. The predicted octanol–water partition coefficient (Wildman–Crippen LogP) is 3.26. The number of para-hydroxylation sites is 1. The summed E-state index contributed by atoms with van der Waals surface area (Å²) in [5.41, 5.74) is 2.25. The molecule has 4 aromatic rings. The third-order valence-corrected chi connectivity index (χ3v) is 8.99. The Morgan fingerprint density at radius 1 is 0.949 bits per heavy atom. The van der Waals surface area contributed by atoms with Gasteiger partial charge in [-0.05, 0) is 73.5 Å². The largest absolute Gasteiger partial charge is 0.340 e. The highest BCUT2D eigenvalue weighted by atomic mass is 32.2. The van der Waals surface area contributed by atoms with E-state index in [1.54, 1.807) is 18.2 Å². The summed E-state index contributed by atoms with van der Waals surface area (Å²) in [5.74, 6) is -0.264. The van der Waals surface area contributed by atoms with Crippen molar-refractivity contribution in [3.8, 4) is 0 Å². The third-order valence-electron chi connectivity index (χ3n) is 6.13. The zero-order chi connectivity index (χ0) is 27.8. The van der Waals surface area contributed by atoms with Gasteiger partial charge in [-0.3, -0.25) is 14.4 Å². The van der Waals surface area contributed by atoms with Crippen LogP contribution in [0.2, 0.25) is 0 Å². The highest BCUT2D eigenvalue weighted by Crippen LogP contribution is 2.36. The molecule has 0 bridgehead atoms. The van der Waals surface area contributed by atoms with Gasteiger partial charge in [-0.2, -0.15) is 4.98 Å². The fraction of sp³-hybridized carbons (Fsp3) is 0.115. The first-order valence-corrected chi connectivity index (χ1v) is 14.8. The van der Waals surface area contributed by atoms with Gasteiger partial charge in [0, 0.05) is 23.5 Å². The zero-order valence-corrected chi connectivity index (χ0v) is 22.3. The second-order valence-corrected chi connectivity index (χ2v) is 12.3. The molecule has 39 heavy (non-hydrogen) atoms. The number of primary sulfonamides is 1. The maximum absolute atomic E-state index is 13.6. The highest BCUT2D eigenvalue weighted by Gasteiger charge is 2.36. The Morgan fingerprint density at radius 3 is 2.44 bits per heavy atom. The number of hydrogen-bond acceptors (Lipinski definition) is 8. The number of nitrogens with one attached hydrogen (secondary N) is 2. The van der Waals surface area contributed by atoms with Gasteiger partial charge in [-0.15, -0.1) is 0 Å². The Kier molecular flexibility index (Phi) is 6.80. The second-order valence-electron chi connectivity index (χ2n) is 8.92. The lowest BCUT2D eigenvalue weighted by molar-refractivity contribution is 0.102. The average Bonchev–Trinajstić information content (AvgIpc) is 3.25. The Hall–Kier alpha value is -4.33. The SMILES string of the molecule is CC1Cc2ccccc2N1S(=O)(=O)c1cccc(C(=O)Nc2nccc(Nc3ccc(S(N)(=O)=O)cc3)n2)c1. The van der Waals surface area contributed by atoms with Gasteiger partial charge >= 0.3 is 0 Å². The number of benzene rings is 3. The molecule has 1 aliphatic rings. The minimum absolute atomic E-state index is 0.00187. The van der Waals surface area contributed by atoms with E-state index in [4.69, 9.17) is 5.14 Å². The molecule has 0 fully saturated rings. The molecule has 5 rings (SSSR count). The van der Waals surface area contributed by atoms with Crippen molar-refractivity contribution in [3.05, 3.63) is 96.2 Å². The first-order chi connectivity index (χ1) is 18.5. The highest BCUT2D eigenvalue weighted by molar-refractivity contribution is 7.93. The van der Waals surface area contributed by atoms with Crippen LogP contribution in [0.15, 0.2) is 94.9 Å². The Labute approximate surface area is 225 Å². The van der Waals surface area contributed by atoms with E-state index in [-0.39, 0.29) is 27.3 Å². The number of sulfonamides is 2. The van der Waals surface area contributed by atoms with Crippen LogP contribution in [-0.2, 0) is 26.5 Å². The topological polar surface area (TPSA) is 164 Å². The van der Waals surface area contributed by atoms with Crippen molar-refractivity contribution in [3.63, 3.8) is 0 Å². The molecule has 0 spiro atoms. The van der Waals surface area contributed by atoms with Crippen molar-refractivity contribution < 1.29 is 21.6 Å². The molecule has 0 radical (unpaired) electrons. The van der Waals surface area contributed by atoms with Gasteiger partial charge in [0.2, 0.25) is 16.0 Å². The van der Waals surface area contributed by atoms with Crippen LogP contribution >= 0.6 is 0 Å². The number of rotatable bonds is 7. The molecule has 2 heterocycles. The summed E-state index contributed by atoms with van der Waals surface area (Å²) in [7, 11) is -7.73. The fourth-order valence-electron chi connectivity index (χ4n) is 4.35. The standard InChI is InChI=1S/C26H24N6O5S2/c1-17-15-18-5-2-3-8-23(18)32(17)39(36,37)22-7-4-6-19(16-22)25(33)31-26-28-14-13-24(30-26)29-20-9-11-21(12-10-20)38(27,34)35/h2-14,16-17H,15H2,1H3,(H2,27,34,35)(H2,28,29,30,31,33). The van der Waals surface area contributed by atoms with Crippen LogP contribution in [0.1, 0.15) is 22.8 Å². The predicted molar refractivity (Wildman–Crippen MR) is 147 cm³/mol. The van der Waals surface area contributed by atoms with E-state index in [0.717, 1.165) is 5.56 Å². The number of carbonyl (C=O) groups is 1. The fourth-order valence-corrected chi connectivity index (χ4v) is 6.61. The maximum Gasteiger partial charge on any atom is 0.264 e. The molecule has 13 heteroatoms. The van der Waals surface area contributed by atoms with Gasteiger partial charge in [0.25, 0.3) is 15.9 Å². The normalized spacial score (nSPS) is 15.0. The molecule has 0 aliphatic carbocycles. The van der Waals surface area contributed by atoms with Crippen LogP contribution in [0.25, 0.3) is 0 Å². The monoisotopic (exact) mass is 564 g/mol. The molecule has 11 nitrogen and oxygen atoms in total. The molecule has 0 saturated carbocycles. The molecular weight excluding hydrogens is 540 g/mol. The van der Waals surface area contributed by atoms with Crippen LogP contribution in [0.3, 0.4) is 0 Å². The van der Waals surface area contributed by atoms with Crippen LogP contribution in [0.4, 0.5) is 23.1 Å². The molecular formula is C26H24N6O5S2. The molecule has 1 aliphatic heterocycles. The quantitative estimate of drug-likeness (QED) is 0.308. The van der Waals surface area contributed by atoms with E-state index in [1.807, 2.05) is 19.1 Å². The van der Waals surface area contributed by atoms with E-state index in [9.17, 15) is 21.6 Å². The van der Waals surface area contributed by atoms with Gasteiger partial charge in [0.05, 0.1) is 15.5 Å². The van der Waals surface area contributed by atoms with E-state index in [0.29, 0.717) is 23.6 Å². The second kappa shape index (κ2) is 10.1. The Bertz CT molecular complexity index is 1780. The number of hydrogen-bond donors (Lipinski definition) is 3. The average molecular weight is 565 g/mol. The van der Waals surface area contributed by atoms with Gasteiger partial charge < -0.3 is 5.32 Å². The first kappa shape index (κ1) is 26.3. The van der Waals surface area contributed by atoms with Crippen molar-refractivity contribution in [2.45, 2.75) is 29.2 Å². The van der Waals surface area contributed by atoms with Crippen LogP contribution in [0.5, 0.6) is 0 Å². The summed E-state index contributed by atoms with van der Waals surface area (Å²) in [6.07, 6.45) is 2.03. The Balaban J connectivity index is 1.33. The van der Waals surface area contributed by atoms with Crippen molar-refractivity contribution in [2.24, 2.45) is 5.14 Å². The summed E-state index contributed by atoms with van der Waals surface area (Å²) in [6, 6.07) is 20.2. The molecule has 3 aromatic carbocycles. The van der Waals surface area contributed by atoms with Crippen molar-refractivity contribution in [1.82, 2.24) is 9.97 Å². The summed E-state index contributed by atoms with van der Waals surface area (Å²) in [5, 5.41) is 10.7. The molecule has 0 saturated heterocycles. The van der Waals surface area contributed by atoms with E-state index < -0.39 is 26.0 Å². The minimum Gasteiger partial charge on any atom is -0.340 e. The van der Waals surface area contributed by atoms with Gasteiger partial charge in [-0.1, -0.05) is 24.3 Å². The smallest absolute Gasteiger partial charge is 0.264 e. The van der Waals surface area contributed by atoms with Crippen molar-refractivity contribution >= 4 is 49.1 Å². The van der Waals surface area contributed by atoms with Crippen LogP contribution in [0, 0.1) is 0 Å². The zero-order valence-electron chi connectivity index (χ0n) is 20.6. The lowest BCUT2D eigenvalue weighted by atomic mass is 10.1. The Morgan fingerprint density at radius 2 is 1.69 bits per heavy atom. The van der Waals surface area contributed by atoms with Crippen molar-refractivity contribution in [2.75, 3.05) is 14.9 Å². The third kappa shape index (κ3) is 5.46. The number of amides is 1. The molecule has 4 N–H and O–H groups in total. The van der Waals surface area contributed by atoms with Crippen molar-refractivity contribution in [1.29, 1.82) is 0 Å². The molecule has 1 atom stereocenters. The number of aromatic nitrogens is 2.